The van der Waals surface area contributed by atoms with Crippen LogP contribution in [0.4, 0.5) is 5.69 Å². The van der Waals surface area contributed by atoms with E-state index < -0.39 is 10.0 Å². The highest BCUT2D eigenvalue weighted by molar-refractivity contribution is 9.10. The zero-order chi connectivity index (χ0) is 15.1. The van der Waals surface area contributed by atoms with Gasteiger partial charge in [0.15, 0.2) is 0 Å². The van der Waals surface area contributed by atoms with Gasteiger partial charge >= 0.3 is 0 Å². The summed E-state index contributed by atoms with van der Waals surface area (Å²) in [5, 5.41) is 0.00394. The number of aromatic nitrogens is 2. The van der Waals surface area contributed by atoms with Crippen molar-refractivity contribution in [3.8, 4) is 0 Å². The third-order valence-electron chi connectivity index (χ3n) is 2.37. The molecule has 108 valence electrons. The highest BCUT2D eigenvalue weighted by Crippen LogP contribution is 2.36. The van der Waals surface area contributed by atoms with Gasteiger partial charge in [0.2, 0.25) is 5.03 Å². The maximum absolute atomic E-state index is 12.2. The van der Waals surface area contributed by atoms with Crippen LogP contribution in [0, 0.1) is 0 Å². The molecule has 1 aromatic heterocycles. The number of halogens is 4. The van der Waals surface area contributed by atoms with E-state index in [1.165, 1.54) is 17.0 Å². The van der Waals surface area contributed by atoms with E-state index in [1.807, 2.05) is 0 Å². The first-order chi connectivity index (χ1) is 9.24. The van der Waals surface area contributed by atoms with E-state index in [4.69, 9.17) is 34.8 Å². The molecule has 0 radical (unpaired) electrons. The summed E-state index contributed by atoms with van der Waals surface area (Å²) < 4.78 is 28.6. The fourth-order valence-corrected chi connectivity index (χ4v) is 3.75. The highest BCUT2D eigenvalue weighted by Gasteiger charge is 2.24. The summed E-state index contributed by atoms with van der Waals surface area (Å²) in [5.74, 6) is 0. The molecule has 1 N–H and O–H groups in total. The van der Waals surface area contributed by atoms with Gasteiger partial charge in [-0.25, -0.2) is 4.98 Å². The smallest absolute Gasteiger partial charge is 0.282 e. The lowest BCUT2D eigenvalue weighted by molar-refractivity contribution is 0.598. The predicted octanol–water partition coefficient (Wildman–Crippen LogP) is 3.94. The molecular formula is C10H7BrCl3N3O2S. The lowest BCUT2D eigenvalue weighted by Gasteiger charge is -2.10. The number of nitrogens with one attached hydrogen (secondary N) is 1. The molecule has 2 aromatic rings. The van der Waals surface area contributed by atoms with E-state index in [9.17, 15) is 8.42 Å². The largest absolute Gasteiger partial charge is 0.324 e. The number of nitrogens with zero attached hydrogens (tertiary/aromatic N) is 2. The number of benzene rings is 1. The molecule has 0 saturated heterocycles. The second kappa shape index (κ2) is 5.73. The number of rotatable bonds is 3. The van der Waals surface area contributed by atoms with Crippen LogP contribution in [0.25, 0.3) is 0 Å². The zero-order valence-electron chi connectivity index (χ0n) is 9.86. The van der Waals surface area contributed by atoms with Crippen LogP contribution in [0.5, 0.6) is 0 Å². The van der Waals surface area contributed by atoms with Crippen molar-refractivity contribution < 1.29 is 8.42 Å². The molecule has 0 amide bonds. The quantitative estimate of drug-likeness (QED) is 0.767. The zero-order valence-corrected chi connectivity index (χ0v) is 14.5. The monoisotopic (exact) mass is 417 g/mol. The van der Waals surface area contributed by atoms with Crippen molar-refractivity contribution >= 4 is 66.4 Å². The number of aryl methyl sites for hydroxylation is 1. The summed E-state index contributed by atoms with van der Waals surface area (Å²) in [4.78, 5) is 3.75. The van der Waals surface area contributed by atoms with Crippen LogP contribution >= 0.6 is 50.7 Å². The second-order valence-corrected chi connectivity index (χ2v) is 7.35. The number of anilines is 1. The minimum absolute atomic E-state index is 0.00293. The Morgan fingerprint density at radius 1 is 1.25 bits per heavy atom. The van der Waals surface area contributed by atoms with Gasteiger partial charge in [0, 0.05) is 11.5 Å². The standard InChI is InChI=1S/C10H7BrCl3N3O2S/c1-17-4-15-10(9(17)14)20(18,19)16-6-3-2-5(11)7(12)8(6)13/h2-4,16H,1H3. The van der Waals surface area contributed by atoms with Crippen molar-refractivity contribution in [1.29, 1.82) is 0 Å². The molecule has 0 spiro atoms. The highest BCUT2D eigenvalue weighted by atomic mass is 79.9. The van der Waals surface area contributed by atoms with E-state index >= 15 is 0 Å². The molecule has 10 heteroatoms. The summed E-state index contributed by atoms with van der Waals surface area (Å²) in [5.41, 5.74) is 0.140. The molecule has 2 rings (SSSR count). The first kappa shape index (κ1) is 15.9. The average molecular weight is 420 g/mol. The van der Waals surface area contributed by atoms with Crippen molar-refractivity contribution in [2.75, 3.05) is 4.72 Å². The lowest BCUT2D eigenvalue weighted by Crippen LogP contribution is -2.14. The fourth-order valence-electron chi connectivity index (χ4n) is 1.37. The van der Waals surface area contributed by atoms with Gasteiger partial charge in [-0.05, 0) is 28.1 Å². The number of imidazole rings is 1. The molecule has 20 heavy (non-hydrogen) atoms. The molecule has 0 fully saturated rings. The van der Waals surface area contributed by atoms with Crippen molar-refractivity contribution in [1.82, 2.24) is 9.55 Å². The molecule has 5 nitrogen and oxygen atoms in total. The number of hydrogen-bond donors (Lipinski definition) is 1. The van der Waals surface area contributed by atoms with E-state index in [-0.39, 0.29) is 25.9 Å². The first-order valence-corrected chi connectivity index (χ1v) is 8.48. The molecule has 0 unspecified atom stereocenters. The summed E-state index contributed by atoms with van der Waals surface area (Å²) >= 11 is 21.0. The molecule has 1 aromatic carbocycles. The van der Waals surface area contributed by atoms with Crippen LogP contribution in [0.1, 0.15) is 0 Å². The number of hydrogen-bond acceptors (Lipinski definition) is 3. The summed E-state index contributed by atoms with van der Waals surface area (Å²) in [6.45, 7) is 0. The van der Waals surface area contributed by atoms with Crippen molar-refractivity contribution in [2.45, 2.75) is 5.03 Å². The second-order valence-electron chi connectivity index (χ2n) is 3.78. The molecule has 0 aliphatic carbocycles. The van der Waals surface area contributed by atoms with Gasteiger partial charge in [-0.15, -0.1) is 0 Å². The van der Waals surface area contributed by atoms with Crippen LogP contribution in [0.15, 0.2) is 28.0 Å². The number of sulfonamides is 1. The van der Waals surface area contributed by atoms with Gasteiger partial charge in [0.05, 0.1) is 22.1 Å². The molecule has 0 aliphatic rings. The minimum atomic E-state index is -3.95. The Morgan fingerprint density at radius 3 is 2.45 bits per heavy atom. The van der Waals surface area contributed by atoms with Gasteiger partial charge < -0.3 is 4.57 Å². The van der Waals surface area contributed by atoms with Crippen molar-refractivity contribution in [2.24, 2.45) is 7.05 Å². The Hall–Kier alpha value is -0.470. The Morgan fingerprint density at radius 2 is 1.90 bits per heavy atom. The fraction of sp³-hybridized carbons (Fsp3) is 0.100. The van der Waals surface area contributed by atoms with Crippen molar-refractivity contribution in [3.05, 3.63) is 38.1 Å². The van der Waals surface area contributed by atoms with Crippen LogP contribution < -0.4 is 4.72 Å². The molecule has 0 aliphatic heterocycles. The molecule has 0 atom stereocenters. The van der Waals surface area contributed by atoms with Gasteiger partial charge in [-0.3, -0.25) is 4.72 Å². The Labute approximate surface area is 139 Å². The lowest BCUT2D eigenvalue weighted by atomic mass is 10.3. The molecule has 0 bridgehead atoms. The van der Waals surface area contributed by atoms with Gasteiger partial charge in [0.1, 0.15) is 5.15 Å². The normalized spacial score (nSPS) is 11.7. The predicted molar refractivity (Wildman–Crippen MR) is 83.2 cm³/mol. The van der Waals surface area contributed by atoms with Crippen LogP contribution in [-0.2, 0) is 17.1 Å². The first-order valence-electron chi connectivity index (χ1n) is 5.07. The molecule has 1 heterocycles. The third-order valence-corrected chi connectivity index (χ3v) is 5.99. The van der Waals surface area contributed by atoms with E-state index in [2.05, 4.69) is 25.6 Å². The summed E-state index contributed by atoms with van der Waals surface area (Å²) in [6.07, 6.45) is 1.30. The van der Waals surface area contributed by atoms with Gasteiger partial charge in [-0.1, -0.05) is 34.8 Å². The van der Waals surface area contributed by atoms with Crippen LogP contribution in [-0.4, -0.2) is 18.0 Å². The Bertz CT molecular complexity index is 776. The van der Waals surface area contributed by atoms with E-state index in [0.717, 1.165) is 0 Å². The molecule has 0 saturated carbocycles. The summed E-state index contributed by atoms with van der Waals surface area (Å²) in [6, 6.07) is 3.05. The average Bonchev–Trinajstić information content (AvgIpc) is 2.71. The van der Waals surface area contributed by atoms with Crippen LogP contribution in [0.2, 0.25) is 15.2 Å². The van der Waals surface area contributed by atoms with Crippen molar-refractivity contribution in [3.63, 3.8) is 0 Å². The van der Waals surface area contributed by atoms with Crippen LogP contribution in [0.3, 0.4) is 0 Å². The minimum Gasteiger partial charge on any atom is -0.324 e. The maximum atomic E-state index is 12.2. The Kier molecular flexibility index (Phi) is 4.56. The van der Waals surface area contributed by atoms with Gasteiger partial charge in [0.25, 0.3) is 10.0 Å². The SMILES string of the molecule is Cn1cnc(S(=O)(=O)Nc2ccc(Br)c(Cl)c2Cl)c1Cl. The summed E-state index contributed by atoms with van der Waals surface area (Å²) in [7, 11) is -2.37. The maximum Gasteiger partial charge on any atom is 0.282 e. The molecular weight excluding hydrogens is 412 g/mol. The van der Waals surface area contributed by atoms with Gasteiger partial charge in [-0.2, -0.15) is 8.42 Å². The topological polar surface area (TPSA) is 64.0 Å². The third kappa shape index (κ3) is 2.92. The van der Waals surface area contributed by atoms with E-state index in [0.29, 0.717) is 4.47 Å². The van der Waals surface area contributed by atoms with E-state index in [1.54, 1.807) is 13.1 Å². The Balaban J connectivity index is 2.44.